The van der Waals surface area contributed by atoms with Crippen LogP contribution in [0.4, 0.5) is 11.4 Å². The Labute approximate surface area is 175 Å². The van der Waals surface area contributed by atoms with Gasteiger partial charge in [-0.15, -0.1) is 0 Å². The van der Waals surface area contributed by atoms with E-state index < -0.39 is 0 Å². The third-order valence-electron chi connectivity index (χ3n) is 7.15. The predicted molar refractivity (Wildman–Crippen MR) is 117 cm³/mol. The molecule has 2 aromatic rings. The highest BCUT2D eigenvalue weighted by Gasteiger charge is 2.42. The van der Waals surface area contributed by atoms with E-state index in [4.69, 9.17) is 0 Å². The van der Waals surface area contributed by atoms with Crippen LogP contribution in [0.1, 0.15) is 44.9 Å². The number of hydrogen-bond acceptors (Lipinski definition) is 2. The first-order chi connectivity index (χ1) is 14.3. The molecule has 2 aliphatic heterocycles. The molecule has 0 N–H and O–H groups in total. The van der Waals surface area contributed by atoms with Gasteiger partial charge < -0.3 is 9.80 Å². The Balaban J connectivity index is 1.11. The van der Waals surface area contributed by atoms with Gasteiger partial charge in [0.15, 0.2) is 37.9 Å². The van der Waals surface area contributed by atoms with E-state index in [1.807, 2.05) is 0 Å². The van der Waals surface area contributed by atoms with Gasteiger partial charge in [-0.3, -0.25) is 0 Å². The molecule has 4 nitrogen and oxygen atoms in total. The summed E-state index contributed by atoms with van der Waals surface area (Å²) in [6, 6.07) is 9.26. The number of anilines is 2. The van der Waals surface area contributed by atoms with Gasteiger partial charge in [0.05, 0.1) is 0 Å². The van der Waals surface area contributed by atoms with Gasteiger partial charge >= 0.3 is 0 Å². The molecule has 5 rings (SSSR count). The van der Waals surface area contributed by atoms with Gasteiger partial charge in [0.1, 0.15) is 0 Å². The minimum absolute atomic E-state index is 0.829. The molecule has 29 heavy (non-hydrogen) atoms. The van der Waals surface area contributed by atoms with Crippen LogP contribution in [0.15, 0.2) is 49.1 Å². The maximum absolute atomic E-state index is 2.54. The van der Waals surface area contributed by atoms with Crippen LogP contribution in [0.3, 0.4) is 0 Å². The van der Waals surface area contributed by atoms with Crippen molar-refractivity contribution in [3.8, 4) is 0 Å². The van der Waals surface area contributed by atoms with E-state index in [0.29, 0.717) is 0 Å². The highest BCUT2D eigenvalue weighted by atomic mass is 15.1. The summed E-state index contributed by atoms with van der Waals surface area (Å²) >= 11 is 0. The number of piperidine rings is 2. The molecule has 4 heteroatoms. The SMILES string of the molecule is c1c[n+](C[C@@H]2C[C@H]2C[n+]2ccc(N3CCCCC3)cc2)ccc1N1CCCCC1. The second-order valence-electron chi connectivity index (χ2n) is 9.36. The Bertz CT molecular complexity index is 706. The maximum atomic E-state index is 2.54. The van der Waals surface area contributed by atoms with Gasteiger partial charge in [0.25, 0.3) is 0 Å². The summed E-state index contributed by atoms with van der Waals surface area (Å²) in [6.45, 7) is 7.23. The second kappa shape index (κ2) is 8.73. The van der Waals surface area contributed by atoms with E-state index in [1.54, 1.807) is 0 Å². The van der Waals surface area contributed by atoms with E-state index in [9.17, 15) is 0 Å². The third-order valence-corrected chi connectivity index (χ3v) is 7.15. The van der Waals surface area contributed by atoms with Crippen LogP contribution >= 0.6 is 0 Å². The molecule has 154 valence electrons. The van der Waals surface area contributed by atoms with E-state index in [0.717, 1.165) is 24.9 Å². The minimum atomic E-state index is 0.829. The van der Waals surface area contributed by atoms with E-state index in [-0.39, 0.29) is 0 Å². The average Bonchev–Trinajstić information content (AvgIpc) is 3.53. The Morgan fingerprint density at radius 2 is 0.966 bits per heavy atom. The van der Waals surface area contributed by atoms with Crippen LogP contribution < -0.4 is 18.9 Å². The number of aromatic nitrogens is 2. The van der Waals surface area contributed by atoms with Gasteiger partial charge in [-0.25, -0.2) is 9.13 Å². The van der Waals surface area contributed by atoms with Gasteiger partial charge in [-0.05, 0) is 44.9 Å². The maximum Gasteiger partial charge on any atom is 0.170 e. The first-order valence-electron chi connectivity index (χ1n) is 11.8. The monoisotopic (exact) mass is 392 g/mol. The highest BCUT2D eigenvalue weighted by molar-refractivity contribution is 5.44. The fourth-order valence-corrected chi connectivity index (χ4v) is 5.17. The molecular weight excluding hydrogens is 356 g/mol. The lowest BCUT2D eigenvalue weighted by Crippen LogP contribution is -2.38. The largest absolute Gasteiger partial charge is 0.371 e. The predicted octanol–water partition coefficient (Wildman–Crippen LogP) is 3.58. The molecule has 0 amide bonds. The van der Waals surface area contributed by atoms with Crippen molar-refractivity contribution in [3.63, 3.8) is 0 Å². The first-order valence-corrected chi connectivity index (χ1v) is 11.8. The molecule has 2 saturated heterocycles. The average molecular weight is 393 g/mol. The smallest absolute Gasteiger partial charge is 0.170 e. The van der Waals surface area contributed by atoms with Crippen LogP contribution in [-0.4, -0.2) is 26.2 Å². The van der Waals surface area contributed by atoms with Crippen molar-refractivity contribution < 1.29 is 9.13 Å². The third kappa shape index (κ3) is 4.73. The zero-order valence-corrected chi connectivity index (χ0v) is 17.8. The molecule has 0 bridgehead atoms. The van der Waals surface area contributed by atoms with Crippen LogP contribution in [0, 0.1) is 11.8 Å². The van der Waals surface area contributed by atoms with Crippen molar-refractivity contribution in [2.24, 2.45) is 11.8 Å². The summed E-state index contributed by atoms with van der Waals surface area (Å²) in [6.07, 6.45) is 18.7. The normalized spacial score (nSPS) is 24.6. The van der Waals surface area contributed by atoms with E-state index in [2.05, 4.69) is 68.0 Å². The standard InChI is InChI=1S/C25H36N4/c1-3-11-28(12-4-1)24-7-15-26(16-8-24)20-22-19-23(22)21-27-17-9-25(10-18-27)29-13-5-2-6-14-29/h7-10,15-18,22-23H,1-6,11-14,19-21H2/q+2/t22-,23-/m0/s1. The lowest BCUT2D eigenvalue weighted by atomic mass is 10.1. The van der Waals surface area contributed by atoms with Crippen molar-refractivity contribution in [2.45, 2.75) is 58.0 Å². The molecule has 0 aromatic carbocycles. The molecule has 0 unspecified atom stereocenters. The van der Waals surface area contributed by atoms with E-state index in [1.165, 1.54) is 82.5 Å². The molecule has 0 radical (unpaired) electrons. The molecule has 4 heterocycles. The fourth-order valence-electron chi connectivity index (χ4n) is 5.17. The zero-order valence-electron chi connectivity index (χ0n) is 17.8. The molecule has 0 spiro atoms. The summed E-state index contributed by atoms with van der Waals surface area (Å²) in [7, 11) is 0. The van der Waals surface area contributed by atoms with Gasteiger partial charge in [0, 0.05) is 73.7 Å². The number of pyridine rings is 2. The molecule has 1 aliphatic carbocycles. The number of hydrogen-bond donors (Lipinski definition) is 0. The zero-order chi connectivity index (χ0) is 19.5. The van der Waals surface area contributed by atoms with Crippen molar-refractivity contribution in [1.82, 2.24) is 0 Å². The van der Waals surface area contributed by atoms with E-state index >= 15 is 0 Å². The topological polar surface area (TPSA) is 14.2 Å². The molecule has 3 fully saturated rings. The van der Waals surface area contributed by atoms with Gasteiger partial charge in [-0.1, -0.05) is 0 Å². The lowest BCUT2D eigenvalue weighted by Gasteiger charge is -2.28. The Morgan fingerprint density at radius 1 is 0.586 bits per heavy atom. The van der Waals surface area contributed by atoms with Crippen molar-refractivity contribution in [1.29, 1.82) is 0 Å². The molecule has 2 atom stereocenters. The van der Waals surface area contributed by atoms with Crippen LogP contribution in [0.25, 0.3) is 0 Å². The highest BCUT2D eigenvalue weighted by Crippen LogP contribution is 2.39. The van der Waals surface area contributed by atoms with Gasteiger partial charge in [-0.2, -0.15) is 0 Å². The molecular formula is C25H36N4+2. The molecule has 2 aromatic heterocycles. The molecule has 1 saturated carbocycles. The Morgan fingerprint density at radius 3 is 1.34 bits per heavy atom. The van der Waals surface area contributed by atoms with Crippen LogP contribution in [-0.2, 0) is 13.1 Å². The Hall–Kier alpha value is -2.10. The summed E-state index contributed by atoms with van der Waals surface area (Å²) in [5.74, 6) is 1.66. The van der Waals surface area contributed by atoms with Crippen LogP contribution in [0.2, 0.25) is 0 Å². The quantitative estimate of drug-likeness (QED) is 0.698. The summed E-state index contributed by atoms with van der Waals surface area (Å²) in [5, 5.41) is 0. The molecule has 3 aliphatic rings. The Kier molecular flexibility index (Phi) is 5.69. The van der Waals surface area contributed by atoms with Gasteiger partial charge in [0.2, 0.25) is 0 Å². The van der Waals surface area contributed by atoms with Crippen molar-refractivity contribution in [3.05, 3.63) is 49.1 Å². The lowest BCUT2D eigenvalue weighted by molar-refractivity contribution is -0.709. The number of rotatable bonds is 6. The summed E-state index contributed by atoms with van der Waals surface area (Å²) < 4.78 is 4.78. The second-order valence-corrected chi connectivity index (χ2v) is 9.36. The summed E-state index contributed by atoms with van der Waals surface area (Å²) in [4.78, 5) is 5.08. The van der Waals surface area contributed by atoms with Crippen LogP contribution in [0.5, 0.6) is 0 Å². The van der Waals surface area contributed by atoms with Crippen molar-refractivity contribution in [2.75, 3.05) is 36.0 Å². The van der Waals surface area contributed by atoms with Crippen molar-refractivity contribution >= 4 is 11.4 Å². The number of nitrogens with zero attached hydrogens (tertiary/aromatic N) is 4. The fraction of sp³-hybridized carbons (Fsp3) is 0.600. The minimum Gasteiger partial charge on any atom is -0.371 e. The summed E-state index contributed by atoms with van der Waals surface area (Å²) in [5.41, 5.74) is 2.80. The first kappa shape index (κ1) is 18.9.